The van der Waals surface area contributed by atoms with E-state index in [9.17, 15) is 18.5 Å². The zero-order valence-corrected chi connectivity index (χ0v) is 14.2. The Hall–Kier alpha value is -2.68. The number of aromatic nitrogens is 1. The van der Waals surface area contributed by atoms with Crippen molar-refractivity contribution in [3.8, 4) is 11.5 Å². The standard InChI is InChI=1S/C15H17N3O5S/c1-15(2,3)24(21,22)17-11-4-6-12(7-5-11)23-13-8-9-14(16-10-13)18(19)20/h4-10,17H,1-3H3. The van der Waals surface area contributed by atoms with Crippen LogP contribution >= 0.6 is 0 Å². The van der Waals surface area contributed by atoms with Crippen LogP contribution < -0.4 is 9.46 Å². The van der Waals surface area contributed by atoms with Gasteiger partial charge in [-0.05, 0) is 61.0 Å². The van der Waals surface area contributed by atoms with Crippen LogP contribution in [-0.2, 0) is 10.0 Å². The Kier molecular flexibility index (Phi) is 4.74. The van der Waals surface area contributed by atoms with Crippen LogP contribution in [-0.4, -0.2) is 23.1 Å². The van der Waals surface area contributed by atoms with Crippen molar-refractivity contribution in [2.75, 3.05) is 4.72 Å². The summed E-state index contributed by atoms with van der Waals surface area (Å²) < 4.78 is 31.2. The summed E-state index contributed by atoms with van der Waals surface area (Å²) in [6.45, 7) is 4.82. The predicted molar refractivity (Wildman–Crippen MR) is 89.7 cm³/mol. The highest BCUT2D eigenvalue weighted by atomic mass is 32.2. The maximum absolute atomic E-state index is 12.1. The molecule has 0 atom stereocenters. The summed E-state index contributed by atoms with van der Waals surface area (Å²) in [5, 5.41) is 10.5. The van der Waals surface area contributed by atoms with Gasteiger partial charge in [0.05, 0.1) is 4.75 Å². The lowest BCUT2D eigenvalue weighted by molar-refractivity contribution is -0.389. The fraction of sp³-hybridized carbons (Fsp3) is 0.267. The third-order valence-corrected chi connectivity index (χ3v) is 5.17. The first-order chi connectivity index (χ1) is 11.1. The highest BCUT2D eigenvalue weighted by Gasteiger charge is 2.28. The van der Waals surface area contributed by atoms with Crippen molar-refractivity contribution in [1.29, 1.82) is 0 Å². The Morgan fingerprint density at radius 2 is 1.67 bits per heavy atom. The minimum absolute atomic E-state index is 0.269. The van der Waals surface area contributed by atoms with Crippen molar-refractivity contribution in [3.63, 3.8) is 0 Å². The van der Waals surface area contributed by atoms with E-state index in [1.807, 2.05) is 0 Å². The molecule has 24 heavy (non-hydrogen) atoms. The van der Waals surface area contributed by atoms with E-state index in [1.54, 1.807) is 45.0 Å². The molecule has 0 amide bonds. The van der Waals surface area contributed by atoms with Crippen LogP contribution in [0.4, 0.5) is 11.5 Å². The summed E-state index contributed by atoms with van der Waals surface area (Å²) in [4.78, 5) is 13.6. The summed E-state index contributed by atoms with van der Waals surface area (Å²) in [6.07, 6.45) is 1.24. The molecule has 8 nitrogen and oxygen atoms in total. The van der Waals surface area contributed by atoms with Gasteiger partial charge in [0.1, 0.15) is 5.75 Å². The van der Waals surface area contributed by atoms with E-state index < -0.39 is 19.7 Å². The number of rotatable bonds is 5. The average Bonchev–Trinajstić information content (AvgIpc) is 2.48. The Labute approximate surface area is 139 Å². The van der Waals surface area contributed by atoms with Gasteiger partial charge in [-0.3, -0.25) is 4.72 Å². The smallest absolute Gasteiger partial charge is 0.363 e. The molecule has 0 radical (unpaired) electrons. The fourth-order valence-corrected chi connectivity index (χ4v) is 2.33. The molecule has 1 heterocycles. The van der Waals surface area contributed by atoms with Gasteiger partial charge in [-0.15, -0.1) is 0 Å². The molecule has 0 aliphatic carbocycles. The SMILES string of the molecule is CC(C)(C)S(=O)(=O)Nc1ccc(Oc2ccc([N+](=O)[O-])nc2)cc1. The van der Waals surface area contributed by atoms with Gasteiger partial charge in [-0.2, -0.15) is 0 Å². The summed E-state index contributed by atoms with van der Waals surface area (Å²) in [7, 11) is -3.50. The quantitative estimate of drug-likeness (QED) is 0.653. The van der Waals surface area contributed by atoms with Crippen LogP contribution in [0.15, 0.2) is 42.6 Å². The van der Waals surface area contributed by atoms with Gasteiger partial charge in [0, 0.05) is 11.8 Å². The van der Waals surface area contributed by atoms with Gasteiger partial charge in [0.25, 0.3) is 0 Å². The van der Waals surface area contributed by atoms with Gasteiger partial charge in [-0.1, -0.05) is 0 Å². The normalized spacial score (nSPS) is 11.8. The summed E-state index contributed by atoms with van der Waals surface area (Å²) >= 11 is 0. The first-order valence-electron chi connectivity index (χ1n) is 6.99. The number of ether oxygens (including phenoxy) is 1. The number of sulfonamides is 1. The molecule has 1 aromatic heterocycles. The van der Waals surface area contributed by atoms with Gasteiger partial charge in [-0.25, -0.2) is 8.42 Å². The number of nitrogens with zero attached hydrogens (tertiary/aromatic N) is 2. The van der Waals surface area contributed by atoms with Crippen molar-refractivity contribution in [3.05, 3.63) is 52.7 Å². The van der Waals surface area contributed by atoms with Crippen molar-refractivity contribution in [1.82, 2.24) is 4.98 Å². The Bertz CT molecular complexity index is 825. The molecule has 1 aromatic carbocycles. The van der Waals surface area contributed by atoms with E-state index in [0.29, 0.717) is 17.2 Å². The molecule has 1 N–H and O–H groups in total. The van der Waals surface area contributed by atoms with E-state index in [0.717, 1.165) is 0 Å². The minimum atomic E-state index is -3.50. The summed E-state index contributed by atoms with van der Waals surface area (Å²) in [6, 6.07) is 8.97. The first kappa shape index (κ1) is 17.7. The molecular weight excluding hydrogens is 334 g/mol. The second kappa shape index (κ2) is 6.44. The molecule has 0 aliphatic rings. The molecule has 0 fully saturated rings. The number of hydrogen-bond acceptors (Lipinski definition) is 6. The molecular formula is C15H17N3O5S. The van der Waals surface area contributed by atoms with Gasteiger partial charge < -0.3 is 14.9 Å². The van der Waals surface area contributed by atoms with Crippen molar-refractivity contribution >= 4 is 21.5 Å². The highest BCUT2D eigenvalue weighted by molar-refractivity contribution is 7.94. The van der Waals surface area contributed by atoms with Gasteiger partial charge in [0.15, 0.2) is 11.9 Å². The van der Waals surface area contributed by atoms with E-state index in [-0.39, 0.29) is 5.82 Å². The van der Waals surface area contributed by atoms with E-state index in [4.69, 9.17) is 4.74 Å². The molecule has 0 bridgehead atoms. The molecule has 2 aromatic rings. The molecule has 0 aliphatic heterocycles. The second-order valence-corrected chi connectivity index (χ2v) is 8.39. The van der Waals surface area contributed by atoms with E-state index >= 15 is 0 Å². The topological polar surface area (TPSA) is 111 Å². The predicted octanol–water partition coefficient (Wildman–Crippen LogP) is 3.32. The monoisotopic (exact) mass is 351 g/mol. The van der Waals surface area contributed by atoms with Crippen molar-refractivity contribution in [2.45, 2.75) is 25.5 Å². The number of benzene rings is 1. The van der Waals surface area contributed by atoms with Crippen LogP contribution in [0.1, 0.15) is 20.8 Å². The molecule has 0 saturated carbocycles. The molecule has 0 unspecified atom stereocenters. The molecule has 0 saturated heterocycles. The van der Waals surface area contributed by atoms with Crippen molar-refractivity contribution in [2.24, 2.45) is 0 Å². The van der Waals surface area contributed by atoms with Crippen LogP contribution in [0.3, 0.4) is 0 Å². The summed E-state index contributed by atoms with van der Waals surface area (Å²) in [5.41, 5.74) is 0.416. The van der Waals surface area contributed by atoms with Crippen LogP contribution in [0, 0.1) is 10.1 Å². The average molecular weight is 351 g/mol. The third-order valence-electron chi connectivity index (χ3n) is 3.06. The zero-order valence-electron chi connectivity index (χ0n) is 13.4. The maximum atomic E-state index is 12.1. The lowest BCUT2D eigenvalue weighted by Gasteiger charge is -2.20. The minimum Gasteiger partial charge on any atom is -0.453 e. The van der Waals surface area contributed by atoms with Gasteiger partial charge >= 0.3 is 5.82 Å². The third kappa shape index (κ3) is 4.19. The molecule has 128 valence electrons. The number of pyridine rings is 1. The maximum Gasteiger partial charge on any atom is 0.363 e. The Balaban J connectivity index is 2.08. The molecule has 2 rings (SSSR count). The van der Waals surface area contributed by atoms with Crippen LogP contribution in [0.5, 0.6) is 11.5 Å². The molecule has 0 spiro atoms. The second-order valence-electron chi connectivity index (χ2n) is 5.95. The lowest BCUT2D eigenvalue weighted by Crippen LogP contribution is -2.33. The number of anilines is 1. The van der Waals surface area contributed by atoms with Crippen molar-refractivity contribution < 1.29 is 18.1 Å². The number of nitro groups is 1. The fourth-order valence-electron chi connectivity index (χ4n) is 1.58. The Morgan fingerprint density at radius 1 is 1.08 bits per heavy atom. The van der Waals surface area contributed by atoms with Crippen LogP contribution in [0.2, 0.25) is 0 Å². The number of nitrogens with one attached hydrogen (secondary N) is 1. The number of hydrogen-bond donors (Lipinski definition) is 1. The lowest BCUT2D eigenvalue weighted by atomic mass is 10.3. The molecule has 9 heteroatoms. The zero-order chi connectivity index (χ0) is 18.0. The van der Waals surface area contributed by atoms with Gasteiger partial charge in [0.2, 0.25) is 10.0 Å². The van der Waals surface area contributed by atoms with Crippen LogP contribution in [0.25, 0.3) is 0 Å². The highest BCUT2D eigenvalue weighted by Crippen LogP contribution is 2.25. The Morgan fingerprint density at radius 3 is 2.12 bits per heavy atom. The first-order valence-corrected chi connectivity index (χ1v) is 8.47. The summed E-state index contributed by atoms with van der Waals surface area (Å²) in [5.74, 6) is 0.516. The van der Waals surface area contributed by atoms with E-state index in [2.05, 4.69) is 9.71 Å². The van der Waals surface area contributed by atoms with E-state index in [1.165, 1.54) is 18.3 Å². The largest absolute Gasteiger partial charge is 0.453 e.